The maximum atomic E-state index is 12.1. The average molecular weight is 336 g/mol. The zero-order valence-electron chi connectivity index (χ0n) is 10.7. The zero-order chi connectivity index (χ0) is 14.8. The van der Waals surface area contributed by atoms with E-state index in [4.69, 9.17) is 22.3 Å². The van der Waals surface area contributed by atoms with Crippen molar-refractivity contribution in [2.75, 3.05) is 6.54 Å². The Morgan fingerprint density at radius 1 is 1.30 bits per heavy atom. The number of rotatable bonds is 4. The summed E-state index contributed by atoms with van der Waals surface area (Å²) in [6.07, 6.45) is 4.62. The van der Waals surface area contributed by atoms with Crippen LogP contribution in [0, 0.1) is 5.92 Å². The quantitative estimate of drug-likeness (QED) is 0.859. The summed E-state index contributed by atoms with van der Waals surface area (Å²) in [6.45, 7) is 0.590. The highest BCUT2D eigenvalue weighted by atomic mass is 35.7. The molecule has 4 nitrogen and oxygen atoms in total. The first-order chi connectivity index (χ1) is 9.38. The molecule has 2 rings (SSSR count). The van der Waals surface area contributed by atoms with Crippen molar-refractivity contribution in [1.82, 2.24) is 5.32 Å². The summed E-state index contributed by atoms with van der Waals surface area (Å²) in [5.41, 5.74) is 0.131. The highest BCUT2D eigenvalue weighted by molar-refractivity contribution is 8.13. The normalized spacial score (nSPS) is 16.3. The second-order valence-electron chi connectivity index (χ2n) is 4.94. The van der Waals surface area contributed by atoms with E-state index >= 15 is 0 Å². The van der Waals surface area contributed by atoms with Gasteiger partial charge in [0, 0.05) is 17.2 Å². The van der Waals surface area contributed by atoms with E-state index in [1.165, 1.54) is 31.0 Å². The van der Waals surface area contributed by atoms with E-state index in [1.54, 1.807) is 0 Å². The first-order valence-electron chi connectivity index (χ1n) is 6.40. The molecule has 7 heteroatoms. The molecule has 1 saturated carbocycles. The molecular formula is C13H15Cl2NO3S. The van der Waals surface area contributed by atoms with Crippen molar-refractivity contribution in [2.24, 2.45) is 5.92 Å². The fourth-order valence-electron chi connectivity index (χ4n) is 2.38. The summed E-state index contributed by atoms with van der Waals surface area (Å²) in [6, 6.07) is 3.84. The van der Waals surface area contributed by atoms with Crippen molar-refractivity contribution in [1.29, 1.82) is 0 Å². The van der Waals surface area contributed by atoms with E-state index in [9.17, 15) is 13.2 Å². The van der Waals surface area contributed by atoms with E-state index in [0.717, 1.165) is 12.8 Å². The maximum Gasteiger partial charge on any atom is 0.261 e. The van der Waals surface area contributed by atoms with E-state index in [1.807, 2.05) is 0 Å². The number of hydrogen-bond donors (Lipinski definition) is 1. The molecular weight excluding hydrogens is 321 g/mol. The van der Waals surface area contributed by atoms with Crippen LogP contribution in [0.1, 0.15) is 36.0 Å². The van der Waals surface area contributed by atoms with Gasteiger partial charge in [0.1, 0.15) is 0 Å². The Bertz CT molecular complexity index is 610. The van der Waals surface area contributed by atoms with Crippen LogP contribution < -0.4 is 5.32 Å². The Labute approximate surface area is 127 Å². The Balaban J connectivity index is 2.12. The van der Waals surface area contributed by atoms with Gasteiger partial charge >= 0.3 is 0 Å². The molecule has 0 aromatic heterocycles. The summed E-state index contributed by atoms with van der Waals surface area (Å²) in [5.74, 6) is 0.127. The third-order valence-corrected chi connectivity index (χ3v) is 5.17. The number of carbonyl (C=O) groups excluding carboxylic acids is 1. The lowest BCUT2D eigenvalue weighted by Crippen LogP contribution is -2.28. The van der Waals surface area contributed by atoms with Gasteiger partial charge in [0.05, 0.1) is 15.5 Å². The number of halogens is 2. The molecule has 0 aliphatic heterocycles. The number of carbonyl (C=O) groups is 1. The topological polar surface area (TPSA) is 63.2 Å². The van der Waals surface area contributed by atoms with Gasteiger partial charge in [-0.2, -0.15) is 0 Å². The second-order valence-corrected chi connectivity index (χ2v) is 7.91. The third kappa shape index (κ3) is 3.87. The Morgan fingerprint density at radius 2 is 1.95 bits per heavy atom. The van der Waals surface area contributed by atoms with Crippen molar-refractivity contribution in [3.05, 3.63) is 28.8 Å². The van der Waals surface area contributed by atoms with E-state index in [0.29, 0.717) is 12.5 Å². The largest absolute Gasteiger partial charge is 0.352 e. The molecule has 0 atom stereocenters. The maximum absolute atomic E-state index is 12.1. The first-order valence-corrected chi connectivity index (χ1v) is 9.09. The third-order valence-electron chi connectivity index (χ3n) is 3.49. The number of benzene rings is 1. The van der Waals surface area contributed by atoms with Crippen LogP contribution >= 0.6 is 22.3 Å². The molecule has 1 aromatic carbocycles. The second kappa shape index (κ2) is 6.33. The van der Waals surface area contributed by atoms with Gasteiger partial charge in [0.25, 0.3) is 15.0 Å². The summed E-state index contributed by atoms with van der Waals surface area (Å²) in [7, 11) is 1.39. The van der Waals surface area contributed by atoms with E-state index in [2.05, 4.69) is 5.32 Å². The number of amides is 1. The molecule has 1 aromatic rings. The Hall–Kier alpha value is -0.780. The number of hydrogen-bond acceptors (Lipinski definition) is 3. The van der Waals surface area contributed by atoms with E-state index < -0.39 is 9.05 Å². The van der Waals surface area contributed by atoms with Crippen LogP contribution in [-0.4, -0.2) is 20.9 Å². The molecule has 1 aliphatic rings. The van der Waals surface area contributed by atoms with Crippen LogP contribution in [0.3, 0.4) is 0 Å². The van der Waals surface area contributed by atoms with Crippen LogP contribution in [0.25, 0.3) is 0 Å². The molecule has 0 radical (unpaired) electrons. The van der Waals surface area contributed by atoms with Crippen LogP contribution in [0.5, 0.6) is 0 Å². The summed E-state index contributed by atoms with van der Waals surface area (Å²) < 4.78 is 22.6. The highest BCUT2D eigenvalue weighted by Gasteiger charge is 2.19. The minimum atomic E-state index is -3.87. The van der Waals surface area contributed by atoms with Crippen molar-refractivity contribution in [3.8, 4) is 0 Å². The summed E-state index contributed by atoms with van der Waals surface area (Å²) in [5, 5.41) is 3.01. The molecule has 0 saturated heterocycles. The van der Waals surface area contributed by atoms with Crippen molar-refractivity contribution >= 4 is 37.2 Å². The van der Waals surface area contributed by atoms with Crippen LogP contribution in [0.2, 0.25) is 5.02 Å². The molecule has 110 valence electrons. The lowest BCUT2D eigenvalue weighted by molar-refractivity contribution is 0.0947. The summed E-state index contributed by atoms with van der Waals surface area (Å²) in [4.78, 5) is 11.9. The number of nitrogens with one attached hydrogen (secondary N) is 1. The first kappa shape index (κ1) is 15.6. The van der Waals surface area contributed by atoms with Gasteiger partial charge in [0.2, 0.25) is 0 Å². The molecule has 0 heterocycles. The van der Waals surface area contributed by atoms with Crippen LogP contribution in [0.4, 0.5) is 0 Å². The average Bonchev–Trinajstić information content (AvgIpc) is 2.88. The van der Waals surface area contributed by atoms with Gasteiger partial charge in [-0.1, -0.05) is 24.4 Å². The minimum absolute atomic E-state index is 0.130. The predicted molar refractivity (Wildman–Crippen MR) is 78.8 cm³/mol. The van der Waals surface area contributed by atoms with Gasteiger partial charge in [-0.15, -0.1) is 0 Å². The van der Waals surface area contributed by atoms with E-state index in [-0.39, 0.29) is 21.4 Å². The smallest absolute Gasteiger partial charge is 0.261 e. The standard InChI is InChI=1S/C13H15Cl2NO3S/c14-12-6-5-10(20(15,18)19)7-11(12)13(17)16-8-9-3-1-2-4-9/h5-7,9H,1-4,8H2,(H,16,17). The fraction of sp³-hybridized carbons (Fsp3) is 0.462. The fourth-order valence-corrected chi connectivity index (χ4v) is 3.36. The van der Waals surface area contributed by atoms with Gasteiger partial charge in [-0.3, -0.25) is 4.79 Å². The molecule has 1 N–H and O–H groups in total. The molecule has 1 aliphatic carbocycles. The van der Waals surface area contributed by atoms with Gasteiger partial charge < -0.3 is 5.32 Å². The highest BCUT2D eigenvalue weighted by Crippen LogP contribution is 2.25. The summed E-state index contributed by atoms with van der Waals surface area (Å²) >= 11 is 5.94. The molecule has 0 unspecified atom stereocenters. The zero-order valence-corrected chi connectivity index (χ0v) is 13.1. The lowest BCUT2D eigenvalue weighted by Gasteiger charge is -2.11. The molecule has 1 fully saturated rings. The van der Waals surface area contributed by atoms with Crippen LogP contribution in [0.15, 0.2) is 23.1 Å². The van der Waals surface area contributed by atoms with Gasteiger partial charge in [-0.25, -0.2) is 8.42 Å². The molecule has 0 bridgehead atoms. The monoisotopic (exact) mass is 335 g/mol. The SMILES string of the molecule is O=C(NCC1CCCC1)c1cc(S(=O)(=O)Cl)ccc1Cl. The molecule has 0 spiro atoms. The Morgan fingerprint density at radius 3 is 2.55 bits per heavy atom. The predicted octanol–water partition coefficient (Wildman–Crippen LogP) is 3.19. The van der Waals surface area contributed by atoms with Crippen LogP contribution in [-0.2, 0) is 9.05 Å². The van der Waals surface area contributed by atoms with Gasteiger partial charge in [-0.05, 0) is 37.0 Å². The molecule has 1 amide bonds. The Kier molecular flexibility index (Phi) is 4.94. The lowest BCUT2D eigenvalue weighted by atomic mass is 10.1. The minimum Gasteiger partial charge on any atom is -0.352 e. The van der Waals surface area contributed by atoms with Crippen molar-refractivity contribution < 1.29 is 13.2 Å². The molecule has 20 heavy (non-hydrogen) atoms. The van der Waals surface area contributed by atoms with Crippen molar-refractivity contribution in [3.63, 3.8) is 0 Å². The van der Waals surface area contributed by atoms with Gasteiger partial charge in [0.15, 0.2) is 0 Å². The van der Waals surface area contributed by atoms with Crippen molar-refractivity contribution in [2.45, 2.75) is 30.6 Å².